The number of Topliss-reactive ketones (excluding diaryl/α,β-unsaturated/α-hetero) is 1. The summed E-state index contributed by atoms with van der Waals surface area (Å²) in [5.74, 6) is 0.350. The molecule has 144 valence electrons. The van der Waals surface area contributed by atoms with Crippen LogP contribution in [0.15, 0.2) is 0 Å². The molecule has 0 radical (unpaired) electrons. The van der Waals surface area contributed by atoms with Gasteiger partial charge in [0.2, 0.25) is 0 Å². The molecule has 0 rings (SSSR count). The molecule has 0 unspecified atom stereocenters. The van der Waals surface area contributed by atoms with Gasteiger partial charge in [-0.25, -0.2) is 0 Å². The van der Waals surface area contributed by atoms with Gasteiger partial charge in [-0.15, -0.1) is 0 Å². The lowest BCUT2D eigenvalue weighted by Gasteiger charge is -2.30. The number of carbonyl (C=O) groups excluding carboxylic acids is 1. The molecule has 24 heavy (non-hydrogen) atoms. The fourth-order valence-corrected chi connectivity index (χ4v) is 7.13. The lowest BCUT2D eigenvalue weighted by atomic mass is 9.99. The quantitative estimate of drug-likeness (QED) is 0.433. The monoisotopic (exact) mass is 378 g/mol. The van der Waals surface area contributed by atoms with E-state index < -0.39 is 18.6 Å². The third kappa shape index (κ3) is 8.35. The summed E-state index contributed by atoms with van der Waals surface area (Å²) in [5.41, 5.74) is 0. The summed E-state index contributed by atoms with van der Waals surface area (Å²) in [6, 6.07) is 0. The van der Waals surface area contributed by atoms with Gasteiger partial charge in [-0.1, -0.05) is 27.7 Å². The Kier molecular flexibility index (Phi) is 11.5. The molecular formula is C17H38O5Si2. The van der Waals surface area contributed by atoms with Crippen LogP contribution in [0.3, 0.4) is 0 Å². The highest BCUT2D eigenvalue weighted by atomic mass is 28.3. The molecule has 0 saturated carbocycles. The Labute approximate surface area is 152 Å². The maximum Gasteiger partial charge on any atom is 0.326 e. The van der Waals surface area contributed by atoms with Crippen molar-refractivity contribution in [3.05, 3.63) is 0 Å². The molecule has 5 nitrogen and oxygen atoms in total. The second-order valence-corrected chi connectivity index (χ2v) is 14.2. The minimum absolute atomic E-state index is 0.0432. The van der Waals surface area contributed by atoms with E-state index >= 15 is 0 Å². The van der Waals surface area contributed by atoms with Gasteiger partial charge in [0.25, 0.3) is 0 Å². The Bertz CT molecular complexity index is 321. The molecule has 0 amide bonds. The number of rotatable bonds is 14. The van der Waals surface area contributed by atoms with Gasteiger partial charge < -0.3 is 17.7 Å². The van der Waals surface area contributed by atoms with Crippen molar-refractivity contribution >= 4 is 24.4 Å². The average molecular weight is 379 g/mol. The zero-order valence-corrected chi connectivity index (χ0v) is 19.2. The van der Waals surface area contributed by atoms with Gasteiger partial charge in [-0.2, -0.15) is 0 Å². The van der Waals surface area contributed by atoms with Crippen molar-refractivity contribution in [1.82, 2.24) is 0 Å². The second kappa shape index (κ2) is 11.5. The van der Waals surface area contributed by atoms with Crippen molar-refractivity contribution in [2.24, 2.45) is 0 Å². The van der Waals surface area contributed by atoms with Crippen molar-refractivity contribution in [1.29, 1.82) is 0 Å². The molecule has 0 aliphatic rings. The minimum atomic E-state index is -1.66. The summed E-state index contributed by atoms with van der Waals surface area (Å²) in [6.07, 6.45) is 5.02. The Balaban J connectivity index is 4.12. The van der Waals surface area contributed by atoms with E-state index in [1.54, 1.807) is 28.4 Å². The number of carbonyl (C=O) groups is 1. The smallest absolute Gasteiger partial charge is 0.326 e. The van der Waals surface area contributed by atoms with Gasteiger partial charge in [0.1, 0.15) is 5.78 Å². The van der Waals surface area contributed by atoms with E-state index in [-0.39, 0.29) is 10.1 Å². The molecule has 0 aliphatic heterocycles. The summed E-state index contributed by atoms with van der Waals surface area (Å²) >= 11 is 0. The Morgan fingerprint density at radius 3 is 1.25 bits per heavy atom. The Morgan fingerprint density at radius 2 is 1.00 bits per heavy atom. The maximum absolute atomic E-state index is 12.1. The zero-order valence-electron chi connectivity index (χ0n) is 16.9. The summed E-state index contributed by atoms with van der Waals surface area (Å²) < 4.78 is 21.9. The highest BCUT2D eigenvalue weighted by Crippen LogP contribution is 2.36. The van der Waals surface area contributed by atoms with E-state index in [1.165, 1.54) is 0 Å². The zero-order chi connectivity index (χ0) is 18.8. The van der Waals surface area contributed by atoms with E-state index in [0.29, 0.717) is 18.6 Å². The molecule has 0 aliphatic carbocycles. The minimum Gasteiger partial charge on any atom is -0.400 e. The fourth-order valence-electron chi connectivity index (χ4n) is 3.31. The van der Waals surface area contributed by atoms with Gasteiger partial charge in [0.05, 0.1) is 0 Å². The summed E-state index contributed by atoms with van der Waals surface area (Å²) in [6.45, 7) is 8.68. The maximum atomic E-state index is 12.1. The highest BCUT2D eigenvalue weighted by Gasteiger charge is 2.33. The van der Waals surface area contributed by atoms with Crippen molar-refractivity contribution in [3.8, 4) is 0 Å². The van der Waals surface area contributed by atoms with Crippen LogP contribution in [0.4, 0.5) is 0 Å². The first-order valence-corrected chi connectivity index (χ1v) is 11.8. The summed E-state index contributed by atoms with van der Waals surface area (Å²) in [4.78, 5) is 12.1. The molecule has 7 heteroatoms. The van der Waals surface area contributed by atoms with E-state index in [2.05, 4.69) is 27.7 Å². The van der Waals surface area contributed by atoms with Crippen molar-refractivity contribution in [3.63, 3.8) is 0 Å². The van der Waals surface area contributed by atoms with Crippen molar-refractivity contribution in [2.45, 2.75) is 76.3 Å². The molecule has 0 N–H and O–H groups in total. The first-order valence-electron chi connectivity index (χ1n) is 8.77. The lowest BCUT2D eigenvalue weighted by molar-refractivity contribution is -0.119. The SMILES string of the molecule is CO[SiH](OC)C(C)(C)CCCC(=O)CCCC(C)(C)[SiH](OC)OC. The molecular weight excluding hydrogens is 340 g/mol. The van der Waals surface area contributed by atoms with Crippen LogP contribution in [0.1, 0.15) is 66.2 Å². The van der Waals surface area contributed by atoms with Crippen LogP contribution in [0, 0.1) is 0 Å². The molecule has 0 aromatic rings. The first kappa shape index (κ1) is 23.9. The van der Waals surface area contributed by atoms with E-state index in [1.807, 2.05) is 0 Å². The van der Waals surface area contributed by atoms with Crippen LogP contribution < -0.4 is 0 Å². The van der Waals surface area contributed by atoms with E-state index in [4.69, 9.17) is 17.7 Å². The topological polar surface area (TPSA) is 54.0 Å². The molecule has 0 spiro atoms. The van der Waals surface area contributed by atoms with Crippen LogP contribution >= 0.6 is 0 Å². The van der Waals surface area contributed by atoms with Gasteiger partial charge in [-0.05, 0) is 25.7 Å². The molecule has 0 heterocycles. The third-order valence-corrected chi connectivity index (χ3v) is 9.53. The van der Waals surface area contributed by atoms with Gasteiger partial charge in [0.15, 0.2) is 0 Å². The van der Waals surface area contributed by atoms with E-state index in [9.17, 15) is 4.79 Å². The van der Waals surface area contributed by atoms with E-state index in [0.717, 1.165) is 25.7 Å². The second-order valence-electron chi connectivity index (χ2n) is 7.83. The standard InChI is InChI=1S/C17H38O5Si2/c1-16(2,23(19-5)20-6)13-9-11-15(18)12-10-14-17(3,4)24(21-7)22-8/h23-24H,9-14H2,1-8H3. The van der Waals surface area contributed by atoms with Gasteiger partial charge in [0, 0.05) is 51.4 Å². The molecule has 0 aromatic heterocycles. The predicted molar refractivity (Wildman–Crippen MR) is 103 cm³/mol. The number of ketones is 1. The van der Waals surface area contributed by atoms with Crippen LogP contribution in [0.25, 0.3) is 0 Å². The van der Waals surface area contributed by atoms with Gasteiger partial charge in [-0.3, -0.25) is 4.79 Å². The Hall–Kier alpha value is -0.0562. The molecule has 0 saturated heterocycles. The van der Waals surface area contributed by atoms with Crippen molar-refractivity contribution < 1.29 is 22.5 Å². The fraction of sp³-hybridized carbons (Fsp3) is 0.941. The van der Waals surface area contributed by atoms with Crippen LogP contribution in [-0.4, -0.2) is 52.8 Å². The van der Waals surface area contributed by atoms with Crippen molar-refractivity contribution in [2.75, 3.05) is 28.4 Å². The molecule has 0 atom stereocenters. The van der Waals surface area contributed by atoms with Crippen LogP contribution in [-0.2, 0) is 22.5 Å². The Morgan fingerprint density at radius 1 is 0.708 bits per heavy atom. The van der Waals surface area contributed by atoms with Crippen LogP contribution in [0.2, 0.25) is 10.1 Å². The van der Waals surface area contributed by atoms with Gasteiger partial charge >= 0.3 is 18.6 Å². The largest absolute Gasteiger partial charge is 0.400 e. The molecule has 0 aromatic carbocycles. The number of hydrogen-bond acceptors (Lipinski definition) is 5. The lowest BCUT2D eigenvalue weighted by Crippen LogP contribution is -2.33. The first-order chi connectivity index (χ1) is 11.1. The third-order valence-electron chi connectivity index (χ3n) is 4.69. The summed E-state index contributed by atoms with van der Waals surface area (Å²) in [7, 11) is 3.53. The summed E-state index contributed by atoms with van der Waals surface area (Å²) in [5, 5.41) is 0.0864. The average Bonchev–Trinajstić information content (AvgIpc) is 2.48. The molecule has 0 bridgehead atoms. The molecule has 0 fully saturated rings. The number of hydrogen-bond donors (Lipinski definition) is 0. The van der Waals surface area contributed by atoms with Crippen LogP contribution in [0.5, 0.6) is 0 Å². The normalized spacial score (nSPS) is 13.1. The highest BCUT2D eigenvalue weighted by molar-refractivity contribution is 6.48. The predicted octanol–water partition coefficient (Wildman–Crippen LogP) is 3.48.